The van der Waals surface area contributed by atoms with Gasteiger partial charge in [0.15, 0.2) is 0 Å². The number of hydrogen-bond acceptors (Lipinski definition) is 4. The number of aryl methyl sites for hydroxylation is 1. The zero-order chi connectivity index (χ0) is 26.6. The predicted molar refractivity (Wildman–Crippen MR) is 143 cm³/mol. The van der Waals surface area contributed by atoms with E-state index in [1.165, 1.54) is 0 Å². The van der Waals surface area contributed by atoms with Crippen LogP contribution in [-0.2, 0) is 19.2 Å². The monoisotopic (exact) mass is 535 g/mol. The van der Waals surface area contributed by atoms with Crippen LogP contribution in [0.3, 0.4) is 0 Å². The summed E-state index contributed by atoms with van der Waals surface area (Å²) in [6.45, 7) is 8.08. The molecule has 0 fully saturated rings. The minimum absolute atomic E-state index is 0.536. The molecular weight excluding hydrogens is 503 g/mol. The molecule has 0 radical (unpaired) electrons. The van der Waals surface area contributed by atoms with Crippen molar-refractivity contribution in [1.82, 2.24) is 0 Å². The van der Waals surface area contributed by atoms with Crippen molar-refractivity contribution in [2.75, 3.05) is 5.32 Å². The van der Waals surface area contributed by atoms with Crippen LogP contribution in [0.4, 0.5) is 14.5 Å². The summed E-state index contributed by atoms with van der Waals surface area (Å²) in [4.78, 5) is 0. The lowest BCUT2D eigenvalue weighted by molar-refractivity contribution is 0.00392. The predicted octanol–water partition coefficient (Wildman–Crippen LogP) is 9.03. The third-order valence-corrected chi connectivity index (χ3v) is 8.24. The molecule has 1 N–H and O–H groups in total. The van der Waals surface area contributed by atoms with Gasteiger partial charge in [0, 0.05) is 10.7 Å². The molecule has 0 saturated heterocycles. The van der Waals surface area contributed by atoms with Crippen LogP contribution in [0.25, 0.3) is 0 Å². The third-order valence-electron chi connectivity index (χ3n) is 5.65. The Morgan fingerprint density at radius 1 is 0.861 bits per heavy atom. The molecule has 8 heteroatoms. The molecule has 0 atom stereocenters. The Bertz CT molecular complexity index is 1140. The maximum atomic E-state index is 16.4. The number of alkyl halides is 2. The Morgan fingerprint density at radius 3 is 1.75 bits per heavy atom. The maximum absolute atomic E-state index is 16.4. The lowest BCUT2D eigenvalue weighted by atomic mass is 9.79. The van der Waals surface area contributed by atoms with Gasteiger partial charge in [-0.2, -0.15) is 8.78 Å². The van der Waals surface area contributed by atoms with E-state index in [2.05, 4.69) is 5.32 Å². The molecule has 0 heterocycles. The highest BCUT2D eigenvalue weighted by molar-refractivity contribution is 7.55. The van der Waals surface area contributed by atoms with Crippen LogP contribution in [0.2, 0.25) is 5.02 Å². The van der Waals surface area contributed by atoms with E-state index >= 15 is 8.78 Å². The van der Waals surface area contributed by atoms with Crippen molar-refractivity contribution in [2.24, 2.45) is 0 Å². The Balaban J connectivity index is 2.27. The van der Waals surface area contributed by atoms with Gasteiger partial charge in [0.25, 0.3) is 0 Å². The van der Waals surface area contributed by atoms with Gasteiger partial charge in [-0.05, 0) is 69.5 Å². The molecule has 36 heavy (non-hydrogen) atoms. The fourth-order valence-electron chi connectivity index (χ4n) is 4.15. The van der Waals surface area contributed by atoms with Gasteiger partial charge in [0.1, 0.15) is 0 Å². The molecule has 194 valence electrons. The Hall–Kier alpha value is -2.24. The second-order valence-corrected chi connectivity index (χ2v) is 11.9. The number of rotatable bonds is 11. The summed E-state index contributed by atoms with van der Waals surface area (Å²) in [5.74, 6) is 0. The lowest BCUT2D eigenvalue weighted by Crippen LogP contribution is -2.43. The first-order chi connectivity index (χ1) is 16.9. The first kappa shape index (κ1) is 28.3. The van der Waals surface area contributed by atoms with Crippen LogP contribution in [0, 0.1) is 6.92 Å². The average molecular weight is 536 g/mol. The number of anilines is 1. The van der Waals surface area contributed by atoms with Gasteiger partial charge in [-0.25, -0.2) is 0 Å². The molecule has 0 aliphatic heterocycles. The van der Waals surface area contributed by atoms with Crippen LogP contribution < -0.4 is 5.32 Å². The highest BCUT2D eigenvalue weighted by Gasteiger charge is 2.59. The van der Waals surface area contributed by atoms with E-state index in [-0.39, 0.29) is 0 Å². The molecular formula is C28H33ClF2NO3P. The highest BCUT2D eigenvalue weighted by atomic mass is 35.5. The Kier molecular flexibility index (Phi) is 9.00. The molecule has 0 saturated carbocycles. The lowest BCUT2D eigenvalue weighted by Gasteiger charge is -2.41. The van der Waals surface area contributed by atoms with Crippen molar-refractivity contribution in [3.05, 3.63) is 101 Å². The van der Waals surface area contributed by atoms with E-state index < -0.39 is 37.4 Å². The standard InChI is InChI=1S/C28H33ClF2NO3P/c1-20(2)34-36(33,35-21(3)4)28(30,31)19-27(23-12-8-6-9-13-23,24-14-10-7-11-15-24)32-26-17-16-25(29)18-22(26)5/h6-18,20-21,32H,19H2,1-5H3. The number of nitrogens with one attached hydrogen (secondary N) is 1. The third kappa shape index (κ3) is 6.36. The van der Waals surface area contributed by atoms with Gasteiger partial charge in [-0.1, -0.05) is 72.3 Å². The number of hydrogen-bond donors (Lipinski definition) is 1. The van der Waals surface area contributed by atoms with E-state index in [0.29, 0.717) is 21.8 Å². The molecule has 0 spiro atoms. The van der Waals surface area contributed by atoms with Gasteiger partial charge in [-0.15, -0.1) is 0 Å². The summed E-state index contributed by atoms with van der Waals surface area (Å²) < 4.78 is 57.1. The molecule has 3 rings (SSSR count). The zero-order valence-corrected chi connectivity index (χ0v) is 22.8. The molecule has 3 aromatic carbocycles. The van der Waals surface area contributed by atoms with Crippen molar-refractivity contribution in [3.8, 4) is 0 Å². The molecule has 0 bridgehead atoms. The molecule has 3 aromatic rings. The van der Waals surface area contributed by atoms with Crippen LogP contribution in [0.5, 0.6) is 0 Å². The smallest absolute Gasteiger partial charge is 0.371 e. The Labute approximate surface area is 217 Å². The van der Waals surface area contributed by atoms with Gasteiger partial charge in [0.05, 0.1) is 24.2 Å². The second-order valence-electron chi connectivity index (χ2n) is 9.37. The van der Waals surface area contributed by atoms with E-state index in [1.54, 1.807) is 94.4 Å². The van der Waals surface area contributed by atoms with E-state index in [4.69, 9.17) is 20.6 Å². The van der Waals surface area contributed by atoms with Gasteiger partial charge < -0.3 is 14.4 Å². The van der Waals surface area contributed by atoms with Crippen LogP contribution in [0.1, 0.15) is 50.8 Å². The molecule has 0 aromatic heterocycles. The molecule has 0 amide bonds. The summed E-state index contributed by atoms with van der Waals surface area (Å²) in [5.41, 5.74) is -2.78. The number of benzene rings is 3. The molecule has 0 unspecified atom stereocenters. The summed E-state index contributed by atoms with van der Waals surface area (Å²) in [7, 11) is -4.89. The normalized spacial score (nSPS) is 12.8. The summed E-state index contributed by atoms with van der Waals surface area (Å²) >= 11 is 6.17. The minimum atomic E-state index is -4.89. The van der Waals surface area contributed by atoms with Crippen molar-refractivity contribution < 1.29 is 22.4 Å². The minimum Gasteiger partial charge on any atom is -0.371 e. The first-order valence-corrected chi connectivity index (χ1v) is 13.8. The van der Waals surface area contributed by atoms with E-state index in [1.807, 2.05) is 19.1 Å². The highest BCUT2D eigenvalue weighted by Crippen LogP contribution is 2.67. The van der Waals surface area contributed by atoms with Crippen LogP contribution in [0.15, 0.2) is 78.9 Å². The fraction of sp³-hybridized carbons (Fsp3) is 0.357. The van der Waals surface area contributed by atoms with Gasteiger partial charge in [0.2, 0.25) is 0 Å². The van der Waals surface area contributed by atoms with Crippen molar-refractivity contribution in [2.45, 2.75) is 64.4 Å². The second kappa shape index (κ2) is 11.4. The SMILES string of the molecule is Cc1cc(Cl)ccc1NC(CC(F)(F)P(=O)(OC(C)C)OC(C)C)(c1ccccc1)c1ccccc1. The molecule has 0 aliphatic rings. The van der Waals surface area contributed by atoms with Crippen molar-refractivity contribution in [3.63, 3.8) is 0 Å². The fourth-order valence-corrected chi connectivity index (χ4v) is 6.28. The molecule has 0 aliphatic carbocycles. The first-order valence-electron chi connectivity index (χ1n) is 11.9. The van der Waals surface area contributed by atoms with Gasteiger partial charge >= 0.3 is 13.3 Å². The largest absolute Gasteiger partial charge is 0.400 e. The van der Waals surface area contributed by atoms with Gasteiger partial charge in [-0.3, -0.25) is 4.57 Å². The summed E-state index contributed by atoms with van der Waals surface area (Å²) in [6, 6.07) is 23.1. The van der Waals surface area contributed by atoms with Crippen molar-refractivity contribution in [1.29, 1.82) is 0 Å². The zero-order valence-electron chi connectivity index (χ0n) is 21.2. The topological polar surface area (TPSA) is 47.6 Å². The van der Waals surface area contributed by atoms with Crippen LogP contribution in [-0.4, -0.2) is 17.9 Å². The van der Waals surface area contributed by atoms with E-state index in [9.17, 15) is 4.57 Å². The summed E-state index contributed by atoms with van der Waals surface area (Å²) in [5, 5.41) is 3.92. The maximum Gasteiger partial charge on any atom is 0.400 e. The Morgan fingerprint density at radius 2 is 1.33 bits per heavy atom. The van der Waals surface area contributed by atoms with E-state index in [0.717, 1.165) is 5.56 Å². The average Bonchev–Trinajstić information content (AvgIpc) is 2.80. The molecule has 4 nitrogen and oxygen atoms in total. The summed E-state index contributed by atoms with van der Waals surface area (Å²) in [6.07, 6.45) is -2.34. The number of halogens is 3. The van der Waals surface area contributed by atoms with Crippen molar-refractivity contribution >= 4 is 24.9 Å². The quantitative estimate of drug-likeness (QED) is 0.249. The van der Waals surface area contributed by atoms with Crippen LogP contribution >= 0.6 is 19.2 Å².